The number of pyridine rings is 1. The van der Waals surface area contributed by atoms with Crippen molar-refractivity contribution < 1.29 is 26.3 Å². The van der Waals surface area contributed by atoms with E-state index in [9.17, 15) is 26.3 Å². The highest BCUT2D eigenvalue weighted by Gasteiger charge is 2.41. The summed E-state index contributed by atoms with van der Waals surface area (Å²) in [6.45, 7) is 0.701. The highest BCUT2D eigenvalue weighted by Crippen LogP contribution is 2.37. The van der Waals surface area contributed by atoms with Gasteiger partial charge in [-0.25, -0.2) is 22.5 Å². The Morgan fingerprint density at radius 2 is 1.38 bits per heavy atom. The van der Waals surface area contributed by atoms with Crippen LogP contribution in [0.5, 0.6) is 0 Å². The first-order chi connectivity index (χ1) is 14.9. The lowest BCUT2D eigenvalue weighted by atomic mass is 10.2. The third-order valence-electron chi connectivity index (χ3n) is 5.54. The van der Waals surface area contributed by atoms with Gasteiger partial charge in [0.05, 0.1) is 0 Å². The van der Waals surface area contributed by atoms with E-state index in [0.717, 1.165) is 6.07 Å². The van der Waals surface area contributed by atoms with Gasteiger partial charge in [-0.2, -0.15) is 23.7 Å². The molecule has 0 unspecified atom stereocenters. The van der Waals surface area contributed by atoms with Crippen LogP contribution in [0.4, 0.5) is 38.2 Å². The highest BCUT2D eigenvalue weighted by molar-refractivity contribution is 5.54. The number of halogens is 6. The van der Waals surface area contributed by atoms with Crippen molar-refractivity contribution in [2.24, 2.45) is 0 Å². The zero-order valence-electron chi connectivity index (χ0n) is 17.2. The van der Waals surface area contributed by atoms with Crippen LogP contribution in [0.1, 0.15) is 51.1 Å². The van der Waals surface area contributed by atoms with Gasteiger partial charge in [-0.1, -0.05) is 6.07 Å². The van der Waals surface area contributed by atoms with E-state index in [4.69, 9.17) is 0 Å². The Balaban J connectivity index is 1.64. The minimum absolute atomic E-state index is 0.0195. The van der Waals surface area contributed by atoms with Crippen LogP contribution in [0.2, 0.25) is 0 Å². The number of alkyl halides is 6. The Bertz CT molecular complexity index is 933. The maximum Gasteiger partial charge on any atom is 0.286 e. The lowest BCUT2D eigenvalue weighted by molar-refractivity contribution is 0.00781. The van der Waals surface area contributed by atoms with E-state index in [1.54, 1.807) is 0 Å². The third-order valence-corrected chi connectivity index (χ3v) is 5.54. The number of nitrogens with one attached hydrogen (secondary N) is 2. The summed E-state index contributed by atoms with van der Waals surface area (Å²) in [5, 5.41) is 5.65. The van der Waals surface area contributed by atoms with Crippen molar-refractivity contribution in [3.8, 4) is 11.5 Å². The monoisotopic (exact) mass is 460 g/mol. The summed E-state index contributed by atoms with van der Waals surface area (Å²) in [5.74, 6) is -8.98. The second kappa shape index (κ2) is 8.04. The summed E-state index contributed by atoms with van der Waals surface area (Å²) in [6, 6.07) is 2.76. The molecule has 0 saturated heterocycles. The number of hydrogen-bond donors (Lipinski definition) is 2. The van der Waals surface area contributed by atoms with Crippen LogP contribution in [-0.2, 0) is 5.92 Å². The van der Waals surface area contributed by atoms with E-state index >= 15 is 0 Å². The maximum absolute atomic E-state index is 13.7. The predicted octanol–water partition coefficient (Wildman–Crippen LogP) is 5.24. The van der Waals surface area contributed by atoms with Crippen LogP contribution in [0, 0.1) is 0 Å². The molecule has 0 aromatic carbocycles. The summed E-state index contributed by atoms with van der Waals surface area (Å²) in [7, 11) is 0. The van der Waals surface area contributed by atoms with Gasteiger partial charge in [-0.3, -0.25) is 0 Å². The van der Waals surface area contributed by atoms with Gasteiger partial charge in [-0.05, 0) is 25.0 Å². The number of anilines is 2. The largest absolute Gasteiger partial charge is 0.351 e. The Hall–Kier alpha value is -2.66. The Morgan fingerprint density at radius 3 is 1.81 bits per heavy atom. The van der Waals surface area contributed by atoms with E-state index in [0.29, 0.717) is 6.92 Å². The molecule has 2 aliphatic carbocycles. The first kappa shape index (κ1) is 22.5. The minimum Gasteiger partial charge on any atom is -0.351 e. The van der Waals surface area contributed by atoms with E-state index in [2.05, 4.69) is 30.6 Å². The van der Waals surface area contributed by atoms with Crippen LogP contribution in [-0.4, -0.2) is 43.9 Å². The molecule has 32 heavy (non-hydrogen) atoms. The standard InChI is InChI=1S/C20H22F6N6/c1-18(21,22)14-4-2-3-13(29-14)15-30-16(27-11-5-7-19(23,24)9-11)32-17(31-15)28-12-6-8-20(25,26)10-12/h2-4,11-12H,5-10H2,1H3,(H2,27,28,30,31,32)/t11-,12-/m1/s1. The molecule has 0 bridgehead atoms. The zero-order valence-corrected chi connectivity index (χ0v) is 17.2. The summed E-state index contributed by atoms with van der Waals surface area (Å²) in [4.78, 5) is 16.4. The van der Waals surface area contributed by atoms with E-state index in [-0.39, 0.29) is 49.1 Å². The van der Waals surface area contributed by atoms with Crippen LogP contribution in [0.15, 0.2) is 18.2 Å². The quantitative estimate of drug-likeness (QED) is 0.574. The van der Waals surface area contributed by atoms with Gasteiger partial charge in [0.2, 0.25) is 23.7 Å². The third kappa shape index (κ3) is 5.39. The molecule has 4 rings (SSSR count). The summed E-state index contributed by atoms with van der Waals surface area (Å²) >= 11 is 0. The van der Waals surface area contributed by atoms with Crippen molar-refractivity contribution in [2.75, 3.05) is 10.6 Å². The average Bonchev–Trinajstić information content (AvgIpc) is 3.21. The lowest BCUT2D eigenvalue weighted by Crippen LogP contribution is -2.23. The molecule has 0 spiro atoms. The fraction of sp³-hybridized carbons (Fsp3) is 0.600. The smallest absolute Gasteiger partial charge is 0.286 e. The Morgan fingerprint density at radius 1 is 0.844 bits per heavy atom. The van der Waals surface area contributed by atoms with Crippen molar-refractivity contribution >= 4 is 11.9 Å². The van der Waals surface area contributed by atoms with Crippen molar-refractivity contribution in [2.45, 2.75) is 75.3 Å². The van der Waals surface area contributed by atoms with Gasteiger partial charge in [0.1, 0.15) is 11.4 Å². The molecule has 0 amide bonds. The molecule has 2 atom stereocenters. The van der Waals surface area contributed by atoms with Gasteiger partial charge < -0.3 is 10.6 Å². The molecule has 2 aromatic rings. The maximum atomic E-state index is 13.7. The number of rotatable bonds is 6. The lowest BCUT2D eigenvalue weighted by Gasteiger charge is -2.17. The molecule has 6 nitrogen and oxygen atoms in total. The van der Waals surface area contributed by atoms with Crippen LogP contribution < -0.4 is 10.6 Å². The normalized spacial score (nSPS) is 24.5. The molecule has 2 saturated carbocycles. The van der Waals surface area contributed by atoms with Crippen LogP contribution in [0.25, 0.3) is 11.5 Å². The molecule has 2 heterocycles. The fourth-order valence-corrected chi connectivity index (χ4v) is 3.93. The van der Waals surface area contributed by atoms with Crippen molar-refractivity contribution in [1.82, 2.24) is 19.9 Å². The van der Waals surface area contributed by atoms with Gasteiger partial charge in [0.25, 0.3) is 5.92 Å². The van der Waals surface area contributed by atoms with Crippen LogP contribution in [0.3, 0.4) is 0 Å². The molecule has 174 valence electrons. The van der Waals surface area contributed by atoms with Crippen molar-refractivity contribution in [1.29, 1.82) is 0 Å². The first-order valence-electron chi connectivity index (χ1n) is 10.3. The molecule has 0 aliphatic heterocycles. The number of nitrogens with zero attached hydrogens (tertiary/aromatic N) is 4. The Kier molecular flexibility index (Phi) is 5.66. The summed E-state index contributed by atoms with van der Waals surface area (Å²) in [5.41, 5.74) is -0.476. The predicted molar refractivity (Wildman–Crippen MR) is 105 cm³/mol. The molecule has 2 aliphatic rings. The van der Waals surface area contributed by atoms with E-state index in [1.807, 2.05) is 0 Å². The van der Waals surface area contributed by atoms with Crippen molar-refractivity contribution in [3.05, 3.63) is 23.9 Å². The first-order valence-corrected chi connectivity index (χ1v) is 10.3. The topological polar surface area (TPSA) is 75.6 Å². The average molecular weight is 460 g/mol. The second-order valence-electron chi connectivity index (χ2n) is 8.48. The van der Waals surface area contributed by atoms with Gasteiger partial charge in [0.15, 0.2) is 5.82 Å². The minimum atomic E-state index is -3.20. The number of hydrogen-bond acceptors (Lipinski definition) is 6. The van der Waals surface area contributed by atoms with Gasteiger partial charge >= 0.3 is 0 Å². The number of aromatic nitrogens is 4. The van der Waals surface area contributed by atoms with Crippen molar-refractivity contribution in [3.63, 3.8) is 0 Å². The second-order valence-corrected chi connectivity index (χ2v) is 8.48. The molecule has 2 fully saturated rings. The summed E-state index contributed by atoms with van der Waals surface area (Å²) < 4.78 is 81.7. The fourth-order valence-electron chi connectivity index (χ4n) is 3.93. The zero-order chi connectivity index (χ0) is 23.1. The molecule has 2 aromatic heterocycles. The SMILES string of the molecule is CC(F)(F)c1cccc(-c2nc(N[C@@H]3CCC(F)(F)C3)nc(N[C@@H]3CCC(F)(F)C3)n2)n1. The van der Waals surface area contributed by atoms with Gasteiger partial charge in [-0.15, -0.1) is 0 Å². The molecular weight excluding hydrogens is 438 g/mol. The van der Waals surface area contributed by atoms with E-state index in [1.165, 1.54) is 12.1 Å². The summed E-state index contributed by atoms with van der Waals surface area (Å²) in [6.07, 6.45) is -0.966. The van der Waals surface area contributed by atoms with Gasteiger partial charge in [0, 0.05) is 44.7 Å². The molecular formula is C20H22F6N6. The van der Waals surface area contributed by atoms with E-state index < -0.39 is 48.4 Å². The van der Waals surface area contributed by atoms with Crippen LogP contribution >= 0.6 is 0 Å². The molecule has 2 N–H and O–H groups in total. The Labute approximate surface area is 180 Å². The molecule has 12 heteroatoms. The highest BCUT2D eigenvalue weighted by atomic mass is 19.3. The molecule has 0 radical (unpaired) electrons.